The number of esters is 1. The third-order valence-corrected chi connectivity index (χ3v) is 2.61. The van der Waals surface area contributed by atoms with Crippen molar-refractivity contribution in [1.29, 1.82) is 0 Å². The highest BCUT2D eigenvalue weighted by Gasteiger charge is 2.19. The van der Waals surface area contributed by atoms with Gasteiger partial charge in [0, 0.05) is 4.88 Å². The highest BCUT2D eigenvalue weighted by molar-refractivity contribution is 7.10. The number of hydrogen-bond acceptors (Lipinski definition) is 4. The maximum Gasteiger partial charge on any atom is 0.336 e. The summed E-state index contributed by atoms with van der Waals surface area (Å²) in [4.78, 5) is 11.9. The van der Waals surface area contributed by atoms with Crippen LogP contribution in [0.4, 0.5) is 0 Å². The van der Waals surface area contributed by atoms with Gasteiger partial charge in [-0.15, -0.1) is 11.3 Å². The summed E-state index contributed by atoms with van der Waals surface area (Å²) in [6.07, 6.45) is -0.950. The lowest BCUT2D eigenvalue weighted by molar-refractivity contribution is -0.139. The maximum absolute atomic E-state index is 11.2. The predicted octanol–water partition coefficient (Wildman–Crippen LogP) is 1.90. The number of hydrogen-bond donors (Lipinski definition) is 1. The summed E-state index contributed by atoms with van der Waals surface area (Å²) in [5.74, 6) is -0.548. The van der Waals surface area contributed by atoms with Gasteiger partial charge < -0.3 is 9.84 Å². The summed E-state index contributed by atoms with van der Waals surface area (Å²) >= 11 is 1.38. The number of aliphatic hydroxyl groups excluding tert-OH is 1. The van der Waals surface area contributed by atoms with E-state index in [-0.39, 0.29) is 12.2 Å². The first-order chi connectivity index (χ1) is 6.66. The Kier molecular flexibility index (Phi) is 3.85. The number of carbonyl (C=O) groups is 1. The molecule has 0 aliphatic heterocycles. The lowest BCUT2D eigenvalue weighted by atomic mass is 10.1. The molecule has 0 aromatic carbocycles. The first-order valence-corrected chi connectivity index (χ1v) is 5.12. The summed E-state index contributed by atoms with van der Waals surface area (Å²) in [6, 6.07) is 3.56. The number of rotatable bonds is 4. The lowest BCUT2D eigenvalue weighted by Gasteiger charge is -2.10. The first kappa shape index (κ1) is 10.9. The molecule has 1 N–H and O–H groups in total. The van der Waals surface area contributed by atoms with Gasteiger partial charge in [0.2, 0.25) is 0 Å². The molecular weight excluding hydrogens is 200 g/mol. The lowest BCUT2D eigenvalue weighted by Crippen LogP contribution is -2.12. The normalized spacial score (nSPS) is 12.1. The maximum atomic E-state index is 11.2. The standard InChI is InChI=1S/C10H12O3S/c1-3-13-10(12)7(2)9(11)8-5-4-6-14-8/h4-6,9,11H,2-3H2,1H3. The average Bonchev–Trinajstić information content (AvgIpc) is 2.68. The van der Waals surface area contributed by atoms with Crippen molar-refractivity contribution in [1.82, 2.24) is 0 Å². The van der Waals surface area contributed by atoms with Gasteiger partial charge in [0.25, 0.3) is 0 Å². The Morgan fingerprint density at radius 1 is 1.79 bits per heavy atom. The van der Waals surface area contributed by atoms with Crippen LogP contribution in [0, 0.1) is 0 Å². The molecule has 14 heavy (non-hydrogen) atoms. The summed E-state index contributed by atoms with van der Waals surface area (Å²) in [7, 11) is 0. The minimum absolute atomic E-state index is 0.0781. The van der Waals surface area contributed by atoms with Gasteiger partial charge in [-0.3, -0.25) is 0 Å². The quantitative estimate of drug-likeness (QED) is 0.612. The van der Waals surface area contributed by atoms with Crippen molar-refractivity contribution in [2.45, 2.75) is 13.0 Å². The number of ether oxygens (including phenoxy) is 1. The van der Waals surface area contributed by atoms with Crippen molar-refractivity contribution >= 4 is 17.3 Å². The fraction of sp³-hybridized carbons (Fsp3) is 0.300. The molecule has 0 saturated carbocycles. The van der Waals surface area contributed by atoms with Crippen LogP contribution in [0.3, 0.4) is 0 Å². The third kappa shape index (κ3) is 2.43. The van der Waals surface area contributed by atoms with Gasteiger partial charge in [-0.2, -0.15) is 0 Å². The van der Waals surface area contributed by atoms with Crippen LogP contribution in [0.5, 0.6) is 0 Å². The number of carbonyl (C=O) groups excluding carboxylic acids is 1. The van der Waals surface area contributed by atoms with Gasteiger partial charge in [-0.1, -0.05) is 12.6 Å². The molecule has 1 rings (SSSR count). The first-order valence-electron chi connectivity index (χ1n) is 4.24. The summed E-state index contributed by atoms with van der Waals surface area (Å²) in [6.45, 7) is 5.51. The molecule has 0 fully saturated rings. The zero-order valence-corrected chi connectivity index (χ0v) is 8.71. The van der Waals surface area contributed by atoms with Crippen LogP contribution in [0.15, 0.2) is 29.7 Å². The van der Waals surface area contributed by atoms with Gasteiger partial charge in [0.05, 0.1) is 12.2 Å². The van der Waals surface area contributed by atoms with Crippen LogP contribution >= 0.6 is 11.3 Å². The van der Waals surface area contributed by atoms with Crippen LogP contribution in [0.1, 0.15) is 17.9 Å². The highest BCUT2D eigenvalue weighted by atomic mass is 32.1. The molecule has 1 atom stereocenters. The molecule has 0 aliphatic carbocycles. The molecule has 4 heteroatoms. The zero-order valence-electron chi connectivity index (χ0n) is 7.90. The molecular formula is C10H12O3S. The van der Waals surface area contributed by atoms with Gasteiger partial charge in [0.15, 0.2) is 0 Å². The Hall–Kier alpha value is -1.13. The molecule has 0 saturated heterocycles. The van der Waals surface area contributed by atoms with Gasteiger partial charge in [-0.25, -0.2) is 4.79 Å². The van der Waals surface area contributed by atoms with Crippen molar-refractivity contribution in [3.8, 4) is 0 Å². The molecule has 76 valence electrons. The monoisotopic (exact) mass is 212 g/mol. The van der Waals surface area contributed by atoms with Crippen molar-refractivity contribution in [2.24, 2.45) is 0 Å². The Labute approximate surface area is 86.6 Å². The van der Waals surface area contributed by atoms with E-state index in [0.29, 0.717) is 4.88 Å². The summed E-state index contributed by atoms with van der Waals surface area (Å²) < 4.78 is 4.73. The molecule has 3 nitrogen and oxygen atoms in total. The van der Waals surface area contributed by atoms with Gasteiger partial charge in [0.1, 0.15) is 6.10 Å². The van der Waals surface area contributed by atoms with E-state index >= 15 is 0 Å². The van der Waals surface area contributed by atoms with E-state index in [1.807, 2.05) is 11.4 Å². The Balaban J connectivity index is 2.66. The smallest absolute Gasteiger partial charge is 0.336 e. The van der Waals surface area contributed by atoms with E-state index in [9.17, 15) is 9.90 Å². The molecule has 0 radical (unpaired) electrons. The van der Waals surface area contributed by atoms with Gasteiger partial charge in [-0.05, 0) is 18.4 Å². The zero-order chi connectivity index (χ0) is 10.6. The molecule has 1 aromatic rings. The van der Waals surface area contributed by atoms with E-state index in [0.717, 1.165) is 0 Å². The summed E-state index contributed by atoms with van der Waals surface area (Å²) in [5, 5.41) is 11.5. The van der Waals surface area contributed by atoms with Crippen LogP contribution in [0.2, 0.25) is 0 Å². The van der Waals surface area contributed by atoms with Crippen LogP contribution in [0.25, 0.3) is 0 Å². The van der Waals surface area contributed by atoms with E-state index < -0.39 is 12.1 Å². The second-order valence-corrected chi connectivity index (χ2v) is 3.64. The molecule has 1 aromatic heterocycles. The van der Waals surface area contributed by atoms with Crippen molar-refractivity contribution in [2.75, 3.05) is 6.61 Å². The van der Waals surface area contributed by atoms with E-state index in [1.165, 1.54) is 11.3 Å². The fourth-order valence-electron chi connectivity index (χ4n) is 0.954. The molecule has 0 spiro atoms. The Morgan fingerprint density at radius 2 is 2.50 bits per heavy atom. The molecule has 0 aliphatic rings. The summed E-state index contributed by atoms with van der Waals surface area (Å²) in [5.41, 5.74) is 0.0781. The second kappa shape index (κ2) is 4.93. The van der Waals surface area contributed by atoms with Gasteiger partial charge >= 0.3 is 5.97 Å². The van der Waals surface area contributed by atoms with E-state index in [2.05, 4.69) is 6.58 Å². The Bertz CT molecular complexity index is 316. The van der Waals surface area contributed by atoms with E-state index in [4.69, 9.17) is 4.74 Å². The fourth-order valence-corrected chi connectivity index (χ4v) is 1.70. The number of thiophene rings is 1. The third-order valence-electron chi connectivity index (χ3n) is 1.68. The van der Waals surface area contributed by atoms with Crippen molar-refractivity contribution < 1.29 is 14.6 Å². The second-order valence-electron chi connectivity index (χ2n) is 2.66. The minimum Gasteiger partial charge on any atom is -0.463 e. The molecule has 0 bridgehead atoms. The molecule has 1 unspecified atom stereocenters. The van der Waals surface area contributed by atoms with Crippen LogP contribution in [-0.4, -0.2) is 17.7 Å². The molecule has 1 heterocycles. The van der Waals surface area contributed by atoms with Crippen molar-refractivity contribution in [3.63, 3.8) is 0 Å². The number of aliphatic hydroxyl groups is 1. The average molecular weight is 212 g/mol. The largest absolute Gasteiger partial charge is 0.463 e. The predicted molar refractivity (Wildman–Crippen MR) is 55.1 cm³/mol. The van der Waals surface area contributed by atoms with Crippen LogP contribution in [-0.2, 0) is 9.53 Å². The Morgan fingerprint density at radius 3 is 3.00 bits per heavy atom. The highest BCUT2D eigenvalue weighted by Crippen LogP contribution is 2.25. The minimum atomic E-state index is -0.950. The van der Waals surface area contributed by atoms with E-state index in [1.54, 1.807) is 13.0 Å². The van der Waals surface area contributed by atoms with Crippen LogP contribution < -0.4 is 0 Å². The molecule has 0 amide bonds. The SMILES string of the molecule is C=C(C(=O)OCC)C(O)c1cccs1. The van der Waals surface area contributed by atoms with Crippen molar-refractivity contribution in [3.05, 3.63) is 34.5 Å². The topological polar surface area (TPSA) is 46.5 Å².